The quantitative estimate of drug-likeness (QED) is 0.248. The molecule has 3 aromatic rings. The molecule has 5 rings (SSSR count). The first-order chi connectivity index (χ1) is 18.8. The molecule has 0 aliphatic carbocycles. The summed E-state index contributed by atoms with van der Waals surface area (Å²) in [6, 6.07) is 19.6. The number of likely N-dealkylation sites (tertiary alicyclic amines) is 1. The van der Waals surface area contributed by atoms with Gasteiger partial charge in [-0.1, -0.05) is 41.9 Å². The lowest BCUT2D eigenvalue weighted by Crippen LogP contribution is -2.46. The fourth-order valence-corrected chi connectivity index (χ4v) is 7.78. The van der Waals surface area contributed by atoms with E-state index >= 15 is 0 Å². The van der Waals surface area contributed by atoms with Crippen LogP contribution in [-0.2, 0) is 10.0 Å². The Hall–Kier alpha value is -2.91. The van der Waals surface area contributed by atoms with Gasteiger partial charge >= 0.3 is 0 Å². The van der Waals surface area contributed by atoms with Gasteiger partial charge in [0.1, 0.15) is 0 Å². The first-order valence-corrected chi connectivity index (χ1v) is 15.0. The molecular weight excluding hydrogens is 536 g/mol. The third-order valence-electron chi connectivity index (χ3n) is 7.57. The van der Waals surface area contributed by atoms with Gasteiger partial charge in [-0.15, -0.1) is 0 Å². The van der Waals surface area contributed by atoms with E-state index in [9.17, 15) is 13.2 Å². The number of hydrogen-bond acceptors (Lipinski definition) is 6. The van der Waals surface area contributed by atoms with E-state index in [1.807, 2.05) is 36.4 Å². The molecule has 3 aromatic carbocycles. The van der Waals surface area contributed by atoms with Crippen molar-refractivity contribution in [1.29, 1.82) is 0 Å². The Morgan fingerprint density at radius 3 is 2.41 bits per heavy atom. The molecule has 1 unspecified atom stereocenters. The summed E-state index contributed by atoms with van der Waals surface area (Å²) in [5.74, 6) is 1.15. The van der Waals surface area contributed by atoms with Gasteiger partial charge in [0.25, 0.3) is 0 Å². The third kappa shape index (κ3) is 5.70. The van der Waals surface area contributed by atoms with Crippen LogP contribution in [0.2, 0.25) is 5.02 Å². The van der Waals surface area contributed by atoms with E-state index in [4.69, 9.17) is 21.1 Å². The average Bonchev–Trinajstić information content (AvgIpc) is 3.18. The van der Waals surface area contributed by atoms with Gasteiger partial charge in [-0.3, -0.25) is 4.79 Å². The molecule has 2 heterocycles. The molecule has 1 saturated heterocycles. The van der Waals surface area contributed by atoms with Gasteiger partial charge in [-0.05, 0) is 86.8 Å². The van der Waals surface area contributed by atoms with Gasteiger partial charge in [0.15, 0.2) is 17.3 Å². The van der Waals surface area contributed by atoms with Gasteiger partial charge in [0.05, 0.1) is 24.7 Å². The molecule has 206 valence electrons. The maximum Gasteiger partial charge on any atom is 0.244 e. The fourth-order valence-electron chi connectivity index (χ4n) is 5.58. The van der Waals surface area contributed by atoms with Crippen LogP contribution < -0.4 is 9.47 Å². The molecule has 0 amide bonds. The van der Waals surface area contributed by atoms with Crippen molar-refractivity contribution < 1.29 is 22.7 Å². The van der Waals surface area contributed by atoms with Crippen molar-refractivity contribution in [3.63, 3.8) is 0 Å². The second-order valence-electron chi connectivity index (χ2n) is 10.0. The van der Waals surface area contributed by atoms with Crippen LogP contribution in [0.25, 0.3) is 0 Å². The SMILES string of the molecule is COc1cc(C(C)=O)ccc1OCCCN1CCC(N2C(c3ccc(Cl)cc3)c3ccccc3S2(=O)=O)CC1. The van der Waals surface area contributed by atoms with Gasteiger partial charge < -0.3 is 14.4 Å². The summed E-state index contributed by atoms with van der Waals surface area (Å²) in [7, 11) is -2.05. The van der Waals surface area contributed by atoms with Gasteiger partial charge in [-0.2, -0.15) is 4.31 Å². The second kappa shape index (κ2) is 11.7. The monoisotopic (exact) mass is 568 g/mol. The predicted molar refractivity (Wildman–Crippen MR) is 151 cm³/mol. The number of ether oxygens (including phenoxy) is 2. The zero-order valence-corrected chi connectivity index (χ0v) is 23.7. The number of hydrogen-bond donors (Lipinski definition) is 0. The highest BCUT2D eigenvalue weighted by molar-refractivity contribution is 7.89. The number of ketones is 1. The zero-order valence-electron chi connectivity index (χ0n) is 22.2. The predicted octanol–water partition coefficient (Wildman–Crippen LogP) is 5.58. The molecule has 0 radical (unpaired) electrons. The number of carbonyl (C=O) groups excluding carboxylic acids is 1. The number of benzene rings is 3. The summed E-state index contributed by atoms with van der Waals surface area (Å²) >= 11 is 6.13. The Kier molecular flexibility index (Phi) is 8.28. The number of sulfonamides is 1. The lowest BCUT2D eigenvalue weighted by atomic mass is 9.95. The Labute approximate surface area is 235 Å². The van der Waals surface area contributed by atoms with Crippen molar-refractivity contribution in [3.8, 4) is 11.5 Å². The maximum absolute atomic E-state index is 13.7. The lowest BCUT2D eigenvalue weighted by molar-refractivity contribution is 0.101. The van der Waals surface area contributed by atoms with Crippen LogP contribution in [-0.4, -0.2) is 62.8 Å². The smallest absolute Gasteiger partial charge is 0.244 e. The molecule has 1 fully saturated rings. The summed E-state index contributed by atoms with van der Waals surface area (Å²) in [5.41, 5.74) is 2.34. The molecule has 0 N–H and O–H groups in total. The highest BCUT2D eigenvalue weighted by atomic mass is 35.5. The minimum absolute atomic E-state index is 0.0200. The van der Waals surface area contributed by atoms with Gasteiger partial charge in [0.2, 0.25) is 10.0 Å². The largest absolute Gasteiger partial charge is 0.493 e. The van der Waals surface area contributed by atoms with Crippen LogP contribution in [0.15, 0.2) is 71.6 Å². The van der Waals surface area contributed by atoms with Crippen molar-refractivity contribution in [3.05, 3.63) is 88.4 Å². The Bertz CT molecular complexity index is 1440. The van der Waals surface area contributed by atoms with E-state index < -0.39 is 10.0 Å². The molecule has 39 heavy (non-hydrogen) atoms. The van der Waals surface area contributed by atoms with Crippen LogP contribution in [0.3, 0.4) is 0 Å². The average molecular weight is 569 g/mol. The molecule has 7 nitrogen and oxygen atoms in total. The minimum Gasteiger partial charge on any atom is -0.493 e. The van der Waals surface area contributed by atoms with E-state index in [0.29, 0.717) is 33.6 Å². The summed E-state index contributed by atoms with van der Waals surface area (Å²) < 4.78 is 40.5. The van der Waals surface area contributed by atoms with E-state index in [0.717, 1.165) is 50.0 Å². The van der Waals surface area contributed by atoms with E-state index in [1.54, 1.807) is 41.7 Å². The van der Waals surface area contributed by atoms with Gasteiger partial charge in [-0.25, -0.2) is 8.42 Å². The Balaban J connectivity index is 1.20. The number of halogens is 1. The van der Waals surface area contributed by atoms with Crippen molar-refractivity contribution in [2.24, 2.45) is 0 Å². The topological polar surface area (TPSA) is 76.2 Å². The minimum atomic E-state index is -3.61. The standard InChI is InChI=1S/C30H33ClN2O5S/c1-21(34)23-10-13-27(28(20-23)37-2)38-19-5-16-32-17-14-25(15-18-32)33-30(22-8-11-24(31)12-9-22)26-6-3-4-7-29(26)39(33,35)36/h3-4,6-13,20,25,30H,5,14-19H2,1-2H3. The van der Waals surface area contributed by atoms with Crippen LogP contribution in [0, 0.1) is 0 Å². The number of fused-ring (bicyclic) bond motifs is 1. The highest BCUT2D eigenvalue weighted by Crippen LogP contribution is 2.46. The molecule has 2 aliphatic heterocycles. The number of piperidine rings is 1. The Morgan fingerprint density at radius 1 is 1.00 bits per heavy atom. The number of nitrogens with zero attached hydrogens (tertiary/aromatic N) is 2. The van der Waals surface area contributed by atoms with E-state index in [1.165, 1.54) is 6.92 Å². The van der Waals surface area contributed by atoms with Crippen LogP contribution in [0.5, 0.6) is 11.5 Å². The summed E-state index contributed by atoms with van der Waals surface area (Å²) in [4.78, 5) is 14.4. The maximum atomic E-state index is 13.7. The second-order valence-corrected chi connectivity index (χ2v) is 12.3. The van der Waals surface area contributed by atoms with Crippen LogP contribution in [0.1, 0.15) is 53.7 Å². The molecule has 0 spiro atoms. The van der Waals surface area contributed by atoms with E-state index in [-0.39, 0.29) is 17.9 Å². The summed E-state index contributed by atoms with van der Waals surface area (Å²) in [6.45, 7) is 4.53. The fraction of sp³-hybridized carbons (Fsp3) is 0.367. The van der Waals surface area contributed by atoms with Crippen LogP contribution in [0.4, 0.5) is 0 Å². The highest BCUT2D eigenvalue weighted by Gasteiger charge is 2.47. The molecule has 1 atom stereocenters. The zero-order chi connectivity index (χ0) is 27.6. The summed E-state index contributed by atoms with van der Waals surface area (Å²) in [5, 5.41) is 0.628. The van der Waals surface area contributed by atoms with Crippen LogP contribution >= 0.6 is 11.6 Å². The molecule has 0 bridgehead atoms. The molecule has 9 heteroatoms. The van der Waals surface area contributed by atoms with Crippen molar-refractivity contribution >= 4 is 27.4 Å². The third-order valence-corrected chi connectivity index (χ3v) is 9.82. The van der Waals surface area contributed by atoms with E-state index in [2.05, 4.69) is 4.90 Å². The van der Waals surface area contributed by atoms with Crippen molar-refractivity contribution in [2.75, 3.05) is 33.4 Å². The lowest BCUT2D eigenvalue weighted by Gasteiger charge is -2.38. The normalized spacial score (nSPS) is 19.5. The number of carbonyl (C=O) groups is 1. The number of Topliss-reactive ketones (excluding diaryl/α,β-unsaturated/α-hetero) is 1. The first kappa shape index (κ1) is 27.6. The summed E-state index contributed by atoms with van der Waals surface area (Å²) in [6.07, 6.45) is 2.35. The molecule has 0 saturated carbocycles. The van der Waals surface area contributed by atoms with Crippen molar-refractivity contribution in [2.45, 2.75) is 43.2 Å². The first-order valence-electron chi connectivity index (χ1n) is 13.2. The molecular formula is C30H33ClN2O5S. The molecule has 2 aliphatic rings. The molecule has 0 aromatic heterocycles. The Morgan fingerprint density at radius 2 is 1.72 bits per heavy atom. The van der Waals surface area contributed by atoms with Crippen molar-refractivity contribution in [1.82, 2.24) is 9.21 Å². The number of methoxy groups -OCH3 is 1. The van der Waals surface area contributed by atoms with Gasteiger partial charge in [0, 0.05) is 23.2 Å². The number of rotatable bonds is 9.